The molecule has 4 rings (SSSR count). The summed E-state index contributed by atoms with van der Waals surface area (Å²) in [6.45, 7) is 3.43. The summed E-state index contributed by atoms with van der Waals surface area (Å²) in [5.74, 6) is 2.64. The number of thioether (sulfide) groups is 1. The first-order chi connectivity index (χ1) is 16.2. The lowest BCUT2D eigenvalue weighted by atomic mass is 10.2. The highest BCUT2D eigenvalue weighted by molar-refractivity contribution is 7.99. The zero-order valence-corrected chi connectivity index (χ0v) is 19.5. The van der Waals surface area contributed by atoms with Crippen LogP contribution in [0, 0.1) is 0 Å². The molecule has 9 heteroatoms. The molecule has 0 unspecified atom stereocenters. The van der Waals surface area contributed by atoms with Crippen molar-refractivity contribution in [3.8, 4) is 11.5 Å². The maximum absolute atomic E-state index is 12.3. The third kappa shape index (κ3) is 5.87. The highest BCUT2D eigenvalue weighted by Gasteiger charge is 2.21. The van der Waals surface area contributed by atoms with Crippen molar-refractivity contribution in [3.05, 3.63) is 60.8 Å². The number of hydrogen-bond donors (Lipinski definition) is 1. The normalized spacial score (nSPS) is 13.5. The van der Waals surface area contributed by atoms with Gasteiger partial charge in [-0.05, 0) is 42.5 Å². The van der Waals surface area contributed by atoms with Crippen LogP contribution in [0.4, 0.5) is 17.2 Å². The van der Waals surface area contributed by atoms with E-state index in [0.29, 0.717) is 5.16 Å². The molecule has 1 aromatic heterocycles. The van der Waals surface area contributed by atoms with Crippen LogP contribution < -0.4 is 24.6 Å². The summed E-state index contributed by atoms with van der Waals surface area (Å²) in [7, 11) is 3.31. The van der Waals surface area contributed by atoms with Crippen LogP contribution in [0.2, 0.25) is 0 Å². The SMILES string of the molecule is COc1ccc(NC(=O)CSc2nccc(N3CCN(c4ccccc4OC)CC3)n2)cc1. The number of hydrogen-bond acceptors (Lipinski definition) is 8. The Labute approximate surface area is 197 Å². The molecular formula is C24H27N5O3S. The third-order valence-electron chi connectivity index (χ3n) is 5.35. The molecule has 1 aliphatic heterocycles. The maximum Gasteiger partial charge on any atom is 0.234 e. The van der Waals surface area contributed by atoms with E-state index in [0.717, 1.165) is 54.9 Å². The van der Waals surface area contributed by atoms with Crippen LogP contribution in [0.1, 0.15) is 0 Å². The standard InChI is InChI=1S/C24H27N5O3S/c1-31-19-9-7-18(8-10-19)26-23(30)17-33-24-25-12-11-22(27-24)29-15-13-28(14-16-29)20-5-3-4-6-21(20)32-2/h3-12H,13-17H2,1-2H3,(H,26,30). The minimum atomic E-state index is -0.107. The Balaban J connectivity index is 1.30. The van der Waals surface area contributed by atoms with Crippen LogP contribution in [0.25, 0.3) is 0 Å². The van der Waals surface area contributed by atoms with Crippen LogP contribution in [-0.2, 0) is 4.79 Å². The molecule has 0 aliphatic carbocycles. The molecule has 172 valence electrons. The second-order valence-corrected chi connectivity index (χ2v) is 8.35. The smallest absolute Gasteiger partial charge is 0.234 e. The summed E-state index contributed by atoms with van der Waals surface area (Å²) in [5.41, 5.74) is 1.84. The summed E-state index contributed by atoms with van der Waals surface area (Å²) in [6, 6.07) is 17.2. The second-order valence-electron chi connectivity index (χ2n) is 7.41. The van der Waals surface area contributed by atoms with Gasteiger partial charge in [0.25, 0.3) is 0 Å². The van der Waals surface area contributed by atoms with Crippen LogP contribution in [-0.4, -0.2) is 62.0 Å². The highest BCUT2D eigenvalue weighted by Crippen LogP contribution is 2.29. The molecule has 0 radical (unpaired) electrons. The Morgan fingerprint density at radius 2 is 1.70 bits per heavy atom. The quantitative estimate of drug-likeness (QED) is 0.400. The van der Waals surface area contributed by atoms with E-state index in [9.17, 15) is 4.79 Å². The van der Waals surface area contributed by atoms with Crippen molar-refractivity contribution in [1.82, 2.24) is 9.97 Å². The topological polar surface area (TPSA) is 79.8 Å². The fraction of sp³-hybridized carbons (Fsp3) is 0.292. The zero-order valence-electron chi connectivity index (χ0n) is 18.7. The van der Waals surface area contributed by atoms with Crippen molar-refractivity contribution < 1.29 is 14.3 Å². The van der Waals surface area contributed by atoms with Gasteiger partial charge < -0.3 is 24.6 Å². The third-order valence-corrected chi connectivity index (χ3v) is 6.22. The molecule has 0 atom stereocenters. The molecule has 1 aliphatic rings. The largest absolute Gasteiger partial charge is 0.497 e. The van der Waals surface area contributed by atoms with Gasteiger partial charge >= 0.3 is 0 Å². The number of nitrogens with one attached hydrogen (secondary N) is 1. The molecular weight excluding hydrogens is 438 g/mol. The monoisotopic (exact) mass is 465 g/mol. The van der Waals surface area contributed by atoms with E-state index in [1.54, 1.807) is 20.4 Å². The summed E-state index contributed by atoms with van der Waals surface area (Å²) >= 11 is 1.32. The predicted molar refractivity (Wildman–Crippen MR) is 132 cm³/mol. The van der Waals surface area contributed by atoms with E-state index in [2.05, 4.69) is 31.2 Å². The van der Waals surface area contributed by atoms with E-state index in [4.69, 9.17) is 9.47 Å². The van der Waals surface area contributed by atoms with Crippen LogP contribution in [0.5, 0.6) is 11.5 Å². The Kier molecular flexibility index (Phi) is 7.51. The molecule has 33 heavy (non-hydrogen) atoms. The van der Waals surface area contributed by atoms with Gasteiger partial charge in [-0.15, -0.1) is 0 Å². The minimum absolute atomic E-state index is 0.107. The van der Waals surface area contributed by atoms with Gasteiger partial charge in [0, 0.05) is 38.1 Å². The summed E-state index contributed by atoms with van der Waals surface area (Å²) in [6.07, 6.45) is 1.75. The van der Waals surface area contributed by atoms with Gasteiger partial charge in [-0.1, -0.05) is 23.9 Å². The van der Waals surface area contributed by atoms with Gasteiger partial charge in [0.05, 0.1) is 25.7 Å². The van der Waals surface area contributed by atoms with Crippen molar-refractivity contribution in [2.45, 2.75) is 5.16 Å². The lowest BCUT2D eigenvalue weighted by molar-refractivity contribution is -0.113. The lowest BCUT2D eigenvalue weighted by Crippen LogP contribution is -2.47. The van der Waals surface area contributed by atoms with Gasteiger partial charge in [-0.2, -0.15) is 0 Å². The molecule has 1 fully saturated rings. The van der Waals surface area contributed by atoms with E-state index in [1.165, 1.54) is 11.8 Å². The van der Waals surface area contributed by atoms with E-state index in [1.807, 2.05) is 48.5 Å². The van der Waals surface area contributed by atoms with Crippen molar-refractivity contribution in [2.75, 3.05) is 61.3 Å². The van der Waals surface area contributed by atoms with E-state index in [-0.39, 0.29) is 11.7 Å². The van der Waals surface area contributed by atoms with Gasteiger partial charge in [0.1, 0.15) is 17.3 Å². The zero-order chi connectivity index (χ0) is 23.0. The molecule has 0 saturated carbocycles. The fourth-order valence-electron chi connectivity index (χ4n) is 3.65. The molecule has 1 saturated heterocycles. The Morgan fingerprint density at radius 3 is 2.42 bits per heavy atom. The number of carbonyl (C=O) groups excluding carboxylic acids is 1. The molecule has 2 aromatic carbocycles. The maximum atomic E-state index is 12.3. The minimum Gasteiger partial charge on any atom is -0.497 e. The molecule has 3 aromatic rings. The molecule has 8 nitrogen and oxygen atoms in total. The van der Waals surface area contributed by atoms with Gasteiger partial charge in [0.15, 0.2) is 5.16 Å². The number of para-hydroxylation sites is 2. The van der Waals surface area contributed by atoms with Crippen LogP contribution >= 0.6 is 11.8 Å². The molecule has 1 amide bonds. The molecule has 1 N–H and O–H groups in total. The van der Waals surface area contributed by atoms with Crippen molar-refractivity contribution in [2.24, 2.45) is 0 Å². The number of piperazine rings is 1. The van der Waals surface area contributed by atoms with Crippen molar-refractivity contribution in [3.63, 3.8) is 0 Å². The number of rotatable bonds is 8. The lowest BCUT2D eigenvalue weighted by Gasteiger charge is -2.37. The van der Waals surface area contributed by atoms with Crippen molar-refractivity contribution in [1.29, 1.82) is 0 Å². The van der Waals surface area contributed by atoms with Gasteiger partial charge in [-0.25, -0.2) is 9.97 Å². The summed E-state index contributed by atoms with van der Waals surface area (Å²) in [5, 5.41) is 3.46. The Bertz CT molecular complexity index is 1070. The average Bonchev–Trinajstić information content (AvgIpc) is 2.88. The van der Waals surface area contributed by atoms with Crippen molar-refractivity contribution >= 4 is 34.9 Å². The van der Waals surface area contributed by atoms with E-state index < -0.39 is 0 Å². The second kappa shape index (κ2) is 10.9. The number of aromatic nitrogens is 2. The highest BCUT2D eigenvalue weighted by atomic mass is 32.2. The van der Waals surface area contributed by atoms with E-state index >= 15 is 0 Å². The first-order valence-electron chi connectivity index (χ1n) is 10.7. The average molecular weight is 466 g/mol. The van der Waals surface area contributed by atoms with Crippen LogP contribution in [0.15, 0.2) is 66.0 Å². The number of ether oxygens (including phenoxy) is 2. The summed E-state index contributed by atoms with van der Waals surface area (Å²) in [4.78, 5) is 25.9. The summed E-state index contributed by atoms with van der Waals surface area (Å²) < 4.78 is 10.6. The first-order valence-corrected chi connectivity index (χ1v) is 11.7. The van der Waals surface area contributed by atoms with Gasteiger partial charge in [-0.3, -0.25) is 4.79 Å². The number of nitrogens with zero attached hydrogens (tertiary/aromatic N) is 4. The first kappa shape index (κ1) is 22.7. The molecule has 0 spiro atoms. The Morgan fingerprint density at radius 1 is 0.970 bits per heavy atom. The number of amides is 1. The molecule has 2 heterocycles. The number of anilines is 3. The number of carbonyl (C=O) groups is 1. The predicted octanol–water partition coefficient (Wildman–Crippen LogP) is 3.55. The molecule has 0 bridgehead atoms. The Hall–Kier alpha value is -3.46. The van der Waals surface area contributed by atoms with Crippen LogP contribution in [0.3, 0.4) is 0 Å². The number of methoxy groups -OCH3 is 2. The van der Waals surface area contributed by atoms with Gasteiger partial charge in [0.2, 0.25) is 5.91 Å². The fourth-order valence-corrected chi connectivity index (χ4v) is 4.27. The number of benzene rings is 2.